The minimum Gasteiger partial charge on any atom is -0.322 e. The van der Waals surface area contributed by atoms with Crippen molar-refractivity contribution in [3.05, 3.63) is 58.8 Å². The number of benzene rings is 1. The van der Waals surface area contributed by atoms with Gasteiger partial charge >= 0.3 is 5.69 Å². The smallest absolute Gasteiger partial charge is 0.322 e. The van der Waals surface area contributed by atoms with Gasteiger partial charge in [-0.25, -0.2) is 4.79 Å². The maximum atomic E-state index is 12.1. The molecule has 94 valence electrons. The molecule has 0 aliphatic heterocycles. The minimum atomic E-state index is -0.140. The van der Waals surface area contributed by atoms with Gasteiger partial charge in [-0.3, -0.25) is 9.13 Å². The molecule has 0 amide bonds. The van der Waals surface area contributed by atoms with Crippen LogP contribution in [0.25, 0.3) is 0 Å². The van der Waals surface area contributed by atoms with Crippen LogP contribution in [0, 0.1) is 0 Å². The summed E-state index contributed by atoms with van der Waals surface area (Å²) in [7, 11) is 0. The van der Waals surface area contributed by atoms with Gasteiger partial charge in [0.05, 0.1) is 0 Å². The van der Waals surface area contributed by atoms with Crippen LogP contribution in [0.2, 0.25) is 0 Å². The number of aromatic nitrogens is 2. The first-order valence-corrected chi connectivity index (χ1v) is 6.33. The fourth-order valence-corrected chi connectivity index (χ4v) is 2.22. The highest BCUT2D eigenvalue weighted by atomic mass is 16.1. The van der Waals surface area contributed by atoms with E-state index in [1.807, 2.05) is 47.3 Å². The van der Waals surface area contributed by atoms with Gasteiger partial charge < -0.3 is 5.73 Å². The third-order valence-corrected chi connectivity index (χ3v) is 3.44. The van der Waals surface area contributed by atoms with Crippen LogP contribution in [0.3, 0.4) is 0 Å². The Kier molecular flexibility index (Phi) is 2.80. The van der Waals surface area contributed by atoms with Gasteiger partial charge in [0.15, 0.2) is 0 Å². The SMILES string of the molecule is NC(Cn1ccn(C2CC2)c1=O)c1ccccc1. The molecule has 1 fully saturated rings. The minimum absolute atomic E-state index is 0.0591. The van der Waals surface area contributed by atoms with Gasteiger partial charge in [0, 0.05) is 31.0 Å². The fraction of sp³-hybridized carbons (Fsp3) is 0.357. The summed E-state index contributed by atoms with van der Waals surface area (Å²) in [5.74, 6) is 0. The Balaban J connectivity index is 1.78. The number of hydrogen-bond acceptors (Lipinski definition) is 2. The number of nitrogens with two attached hydrogens (primary N) is 1. The standard InChI is InChI=1S/C14H17N3O/c15-13(11-4-2-1-3-5-11)10-16-8-9-17(14(16)18)12-6-7-12/h1-5,8-9,12-13H,6-7,10,15H2. The zero-order valence-electron chi connectivity index (χ0n) is 10.2. The van der Waals surface area contributed by atoms with E-state index in [1.165, 1.54) is 0 Å². The molecule has 1 aliphatic carbocycles. The Hall–Kier alpha value is -1.81. The quantitative estimate of drug-likeness (QED) is 0.888. The normalized spacial score (nSPS) is 16.7. The van der Waals surface area contributed by atoms with Gasteiger partial charge in [0.1, 0.15) is 0 Å². The van der Waals surface area contributed by atoms with Crippen LogP contribution in [-0.2, 0) is 6.54 Å². The van der Waals surface area contributed by atoms with E-state index in [-0.39, 0.29) is 11.7 Å². The van der Waals surface area contributed by atoms with Crippen LogP contribution in [0.4, 0.5) is 0 Å². The lowest BCUT2D eigenvalue weighted by Gasteiger charge is -2.11. The van der Waals surface area contributed by atoms with Crippen molar-refractivity contribution in [2.75, 3.05) is 0 Å². The summed E-state index contributed by atoms with van der Waals surface area (Å²) in [6, 6.07) is 10.2. The van der Waals surface area contributed by atoms with E-state index in [2.05, 4.69) is 0 Å². The van der Waals surface area contributed by atoms with Gasteiger partial charge in [-0.1, -0.05) is 30.3 Å². The van der Waals surface area contributed by atoms with Gasteiger partial charge in [-0.05, 0) is 18.4 Å². The van der Waals surface area contributed by atoms with Crippen molar-refractivity contribution in [1.82, 2.24) is 9.13 Å². The van der Waals surface area contributed by atoms with Crippen LogP contribution < -0.4 is 11.4 Å². The molecule has 3 rings (SSSR count). The topological polar surface area (TPSA) is 52.9 Å². The van der Waals surface area contributed by atoms with Crippen LogP contribution in [0.15, 0.2) is 47.5 Å². The summed E-state index contributed by atoms with van der Waals surface area (Å²) >= 11 is 0. The summed E-state index contributed by atoms with van der Waals surface area (Å²) in [5, 5.41) is 0. The molecule has 0 radical (unpaired) electrons. The van der Waals surface area contributed by atoms with E-state index in [0.29, 0.717) is 12.6 Å². The highest BCUT2D eigenvalue weighted by Crippen LogP contribution is 2.33. The molecule has 1 aromatic heterocycles. The highest BCUT2D eigenvalue weighted by molar-refractivity contribution is 5.18. The molecule has 1 atom stereocenters. The van der Waals surface area contributed by atoms with E-state index in [4.69, 9.17) is 5.73 Å². The number of imidazole rings is 1. The van der Waals surface area contributed by atoms with Crippen LogP contribution in [-0.4, -0.2) is 9.13 Å². The lowest BCUT2D eigenvalue weighted by molar-refractivity contribution is 0.545. The van der Waals surface area contributed by atoms with Gasteiger partial charge in [0.25, 0.3) is 0 Å². The zero-order valence-corrected chi connectivity index (χ0v) is 10.2. The summed E-state index contributed by atoms with van der Waals surface area (Å²) in [6.45, 7) is 0.530. The molecule has 1 unspecified atom stereocenters. The van der Waals surface area contributed by atoms with E-state index in [1.54, 1.807) is 4.57 Å². The average Bonchev–Trinajstić information content (AvgIpc) is 3.17. The van der Waals surface area contributed by atoms with Crippen molar-refractivity contribution in [2.45, 2.75) is 31.5 Å². The third-order valence-electron chi connectivity index (χ3n) is 3.44. The molecule has 18 heavy (non-hydrogen) atoms. The Morgan fingerprint density at radius 1 is 1.22 bits per heavy atom. The number of rotatable bonds is 4. The van der Waals surface area contributed by atoms with E-state index >= 15 is 0 Å². The molecule has 1 aromatic carbocycles. The summed E-state index contributed by atoms with van der Waals surface area (Å²) in [4.78, 5) is 12.1. The van der Waals surface area contributed by atoms with Crippen molar-refractivity contribution >= 4 is 0 Å². The maximum Gasteiger partial charge on any atom is 0.328 e. The van der Waals surface area contributed by atoms with Crippen molar-refractivity contribution in [1.29, 1.82) is 0 Å². The molecule has 4 nitrogen and oxygen atoms in total. The average molecular weight is 243 g/mol. The molecular weight excluding hydrogens is 226 g/mol. The molecule has 0 spiro atoms. The lowest BCUT2D eigenvalue weighted by Crippen LogP contribution is -2.28. The molecule has 1 saturated carbocycles. The molecule has 0 bridgehead atoms. The maximum absolute atomic E-state index is 12.1. The summed E-state index contributed by atoms with van der Waals surface area (Å²) in [5.41, 5.74) is 7.25. The van der Waals surface area contributed by atoms with Crippen LogP contribution in [0.1, 0.15) is 30.5 Å². The summed E-state index contributed by atoms with van der Waals surface area (Å²) in [6.07, 6.45) is 5.95. The zero-order chi connectivity index (χ0) is 12.5. The predicted molar refractivity (Wildman–Crippen MR) is 70.3 cm³/mol. The van der Waals surface area contributed by atoms with E-state index < -0.39 is 0 Å². The van der Waals surface area contributed by atoms with Gasteiger partial charge in [0.2, 0.25) is 0 Å². The second kappa shape index (κ2) is 4.46. The monoisotopic (exact) mass is 243 g/mol. The van der Waals surface area contributed by atoms with Gasteiger partial charge in [-0.15, -0.1) is 0 Å². The Bertz CT molecular complexity index is 581. The molecular formula is C14H17N3O. The van der Waals surface area contributed by atoms with Crippen molar-refractivity contribution in [3.8, 4) is 0 Å². The molecule has 2 N–H and O–H groups in total. The fourth-order valence-electron chi connectivity index (χ4n) is 2.22. The van der Waals surface area contributed by atoms with E-state index in [9.17, 15) is 4.79 Å². The summed E-state index contributed by atoms with van der Waals surface area (Å²) < 4.78 is 3.52. The lowest BCUT2D eigenvalue weighted by atomic mass is 10.1. The Morgan fingerprint density at radius 3 is 2.61 bits per heavy atom. The first-order chi connectivity index (χ1) is 8.75. The second-order valence-corrected chi connectivity index (χ2v) is 4.89. The Morgan fingerprint density at radius 2 is 1.94 bits per heavy atom. The Labute approximate surface area is 106 Å². The first kappa shape index (κ1) is 11.3. The molecule has 2 aromatic rings. The largest absolute Gasteiger partial charge is 0.328 e. The molecule has 0 saturated heterocycles. The second-order valence-electron chi connectivity index (χ2n) is 4.89. The van der Waals surface area contributed by atoms with Crippen LogP contribution >= 0.6 is 0 Å². The van der Waals surface area contributed by atoms with E-state index in [0.717, 1.165) is 18.4 Å². The molecule has 4 heteroatoms. The van der Waals surface area contributed by atoms with Crippen molar-refractivity contribution in [2.24, 2.45) is 5.73 Å². The third kappa shape index (κ3) is 2.11. The van der Waals surface area contributed by atoms with Crippen molar-refractivity contribution in [3.63, 3.8) is 0 Å². The van der Waals surface area contributed by atoms with Crippen molar-refractivity contribution < 1.29 is 0 Å². The van der Waals surface area contributed by atoms with Gasteiger partial charge in [-0.2, -0.15) is 0 Å². The first-order valence-electron chi connectivity index (χ1n) is 6.33. The molecule has 1 aliphatic rings. The number of hydrogen-bond donors (Lipinski definition) is 1. The highest BCUT2D eigenvalue weighted by Gasteiger charge is 2.25. The number of nitrogens with zero attached hydrogens (tertiary/aromatic N) is 2. The van der Waals surface area contributed by atoms with Crippen LogP contribution in [0.5, 0.6) is 0 Å². The predicted octanol–water partition coefficient (Wildman–Crippen LogP) is 1.68. The molecule has 1 heterocycles.